The third-order valence-corrected chi connectivity index (χ3v) is 4.38. The zero-order valence-corrected chi connectivity index (χ0v) is 13.3. The maximum absolute atomic E-state index is 14.3. The monoisotopic (exact) mass is 304 g/mol. The van der Waals surface area contributed by atoms with E-state index in [0.717, 1.165) is 18.3 Å². The topological polar surface area (TPSA) is 18.5 Å². The van der Waals surface area contributed by atoms with Gasteiger partial charge in [-0.2, -0.15) is 0 Å². The van der Waals surface area contributed by atoms with Crippen molar-refractivity contribution in [2.24, 2.45) is 11.8 Å². The summed E-state index contributed by atoms with van der Waals surface area (Å²) in [4.78, 5) is 0. The molecular formula is C19H25FO2. The molecule has 22 heavy (non-hydrogen) atoms. The molecular weight excluding hydrogens is 279 g/mol. The fourth-order valence-electron chi connectivity index (χ4n) is 2.55. The molecule has 3 rings (SSSR count). The molecule has 2 saturated carbocycles. The molecule has 2 nitrogen and oxygen atoms in total. The average molecular weight is 304 g/mol. The van der Waals surface area contributed by atoms with E-state index in [1.165, 1.54) is 32.1 Å². The Kier molecular flexibility index (Phi) is 5.01. The summed E-state index contributed by atoms with van der Waals surface area (Å²) in [6.45, 7) is 2.84. The van der Waals surface area contributed by atoms with E-state index < -0.39 is 0 Å². The number of halogens is 1. The first kappa shape index (κ1) is 15.4. The van der Waals surface area contributed by atoms with E-state index in [4.69, 9.17) is 9.47 Å². The molecule has 120 valence electrons. The van der Waals surface area contributed by atoms with Crippen molar-refractivity contribution in [3.05, 3.63) is 35.7 Å². The molecule has 0 aliphatic heterocycles. The molecule has 0 spiro atoms. The van der Waals surface area contributed by atoms with Crippen LogP contribution in [0.1, 0.15) is 44.1 Å². The van der Waals surface area contributed by atoms with Crippen LogP contribution in [0, 0.1) is 24.6 Å². The maximum Gasteiger partial charge on any atom is 0.171 e. The summed E-state index contributed by atoms with van der Waals surface area (Å²) in [5.74, 6) is 2.29. The number of hydrogen-bond acceptors (Lipinski definition) is 2. The van der Waals surface area contributed by atoms with Gasteiger partial charge in [0.05, 0.1) is 6.61 Å². The average Bonchev–Trinajstić information content (AvgIpc) is 3.40. The van der Waals surface area contributed by atoms with Crippen LogP contribution < -0.4 is 9.47 Å². The van der Waals surface area contributed by atoms with Crippen molar-refractivity contribution in [1.29, 1.82) is 0 Å². The zero-order chi connectivity index (χ0) is 15.4. The highest BCUT2D eigenvalue weighted by molar-refractivity contribution is 5.41. The highest BCUT2D eigenvalue weighted by Gasteiger charge is 2.20. The van der Waals surface area contributed by atoms with Crippen molar-refractivity contribution in [3.8, 4) is 11.5 Å². The lowest BCUT2D eigenvalue weighted by atomic mass is 10.2. The summed E-state index contributed by atoms with van der Waals surface area (Å²) >= 11 is 0. The van der Waals surface area contributed by atoms with Crippen LogP contribution in [0.2, 0.25) is 0 Å². The molecule has 0 atom stereocenters. The van der Waals surface area contributed by atoms with Crippen molar-refractivity contribution >= 4 is 0 Å². The van der Waals surface area contributed by atoms with Gasteiger partial charge in [-0.3, -0.25) is 0 Å². The van der Waals surface area contributed by atoms with Gasteiger partial charge in [0.25, 0.3) is 0 Å². The van der Waals surface area contributed by atoms with Crippen molar-refractivity contribution in [1.82, 2.24) is 0 Å². The highest BCUT2D eigenvalue weighted by atomic mass is 19.1. The first-order valence-corrected chi connectivity index (χ1v) is 8.45. The van der Waals surface area contributed by atoms with Gasteiger partial charge in [0, 0.05) is 5.56 Å². The molecule has 0 amide bonds. The molecule has 0 N–H and O–H groups in total. The fraction of sp³-hybridized carbons (Fsp3) is 0.579. The zero-order valence-electron chi connectivity index (χ0n) is 13.3. The first-order chi connectivity index (χ1) is 10.7. The van der Waals surface area contributed by atoms with E-state index in [9.17, 15) is 4.39 Å². The van der Waals surface area contributed by atoms with Crippen molar-refractivity contribution in [3.63, 3.8) is 0 Å². The minimum absolute atomic E-state index is 0.296. The third kappa shape index (κ3) is 4.49. The molecule has 0 saturated heterocycles. The second kappa shape index (κ2) is 7.17. The van der Waals surface area contributed by atoms with E-state index in [-0.39, 0.29) is 5.82 Å². The van der Waals surface area contributed by atoms with E-state index >= 15 is 0 Å². The summed E-state index contributed by atoms with van der Waals surface area (Å²) in [7, 11) is 0. The van der Waals surface area contributed by atoms with Crippen LogP contribution in [0.3, 0.4) is 0 Å². The molecule has 1 aromatic rings. The third-order valence-electron chi connectivity index (χ3n) is 4.38. The number of rotatable bonds is 9. The highest BCUT2D eigenvalue weighted by Crippen LogP contribution is 2.34. The predicted molar refractivity (Wildman–Crippen MR) is 85.9 cm³/mol. The predicted octanol–water partition coefficient (Wildman–Crippen LogP) is 5.05. The summed E-state index contributed by atoms with van der Waals surface area (Å²) < 4.78 is 25.5. The van der Waals surface area contributed by atoms with Gasteiger partial charge in [-0.05, 0) is 56.6 Å². The molecule has 0 aromatic heterocycles. The van der Waals surface area contributed by atoms with Crippen LogP contribution in [-0.4, -0.2) is 13.2 Å². The van der Waals surface area contributed by atoms with Crippen molar-refractivity contribution in [2.75, 3.05) is 13.2 Å². The Morgan fingerprint density at radius 1 is 1.14 bits per heavy atom. The molecule has 3 heteroatoms. The number of hydrogen-bond donors (Lipinski definition) is 0. The second-order valence-electron chi connectivity index (χ2n) is 6.51. The SMILES string of the molecule is Cc1c(OC/C=C/C2CC2)ccc(OCCCC2CC2)c1F. The minimum Gasteiger partial charge on any atom is -0.491 e. The lowest BCUT2D eigenvalue weighted by molar-refractivity contribution is 0.286. The lowest BCUT2D eigenvalue weighted by Gasteiger charge is -2.12. The molecule has 0 radical (unpaired) electrons. The van der Waals surface area contributed by atoms with Crippen LogP contribution in [0.25, 0.3) is 0 Å². The van der Waals surface area contributed by atoms with Crippen molar-refractivity contribution in [2.45, 2.75) is 45.4 Å². The quantitative estimate of drug-likeness (QED) is 0.469. The smallest absolute Gasteiger partial charge is 0.171 e. The number of allylic oxidation sites excluding steroid dienone is 1. The molecule has 0 unspecified atom stereocenters. The lowest BCUT2D eigenvalue weighted by Crippen LogP contribution is -2.03. The Balaban J connectivity index is 1.48. The number of benzene rings is 1. The fourth-order valence-corrected chi connectivity index (χ4v) is 2.55. The van der Waals surface area contributed by atoms with Gasteiger partial charge in [0.15, 0.2) is 11.6 Å². The summed E-state index contributed by atoms with van der Waals surface area (Å²) in [5.41, 5.74) is 0.527. The van der Waals surface area contributed by atoms with Crippen LogP contribution in [0.4, 0.5) is 4.39 Å². The molecule has 2 aliphatic rings. The Morgan fingerprint density at radius 2 is 1.91 bits per heavy atom. The second-order valence-corrected chi connectivity index (χ2v) is 6.51. The van der Waals surface area contributed by atoms with Crippen LogP contribution in [0.5, 0.6) is 11.5 Å². The maximum atomic E-state index is 14.3. The molecule has 2 aliphatic carbocycles. The van der Waals surface area contributed by atoms with Crippen molar-refractivity contribution < 1.29 is 13.9 Å². The van der Waals surface area contributed by atoms with Crippen LogP contribution in [-0.2, 0) is 0 Å². The first-order valence-electron chi connectivity index (χ1n) is 8.45. The van der Waals surface area contributed by atoms with Gasteiger partial charge < -0.3 is 9.47 Å². The standard InChI is InChI=1S/C19H25FO2/c1-14-17(21-12-2-4-15-6-7-15)10-11-18(19(14)20)22-13-3-5-16-8-9-16/h2,4,10-11,15-16H,3,5-9,12-13H2,1H3/b4-2+. The van der Waals surface area contributed by atoms with Crippen LogP contribution in [0.15, 0.2) is 24.3 Å². The molecule has 2 fully saturated rings. The Hall–Kier alpha value is -1.51. The van der Waals surface area contributed by atoms with Gasteiger partial charge in [-0.1, -0.05) is 25.0 Å². The van der Waals surface area contributed by atoms with E-state index in [0.29, 0.717) is 30.3 Å². The van der Waals surface area contributed by atoms with Gasteiger partial charge in [-0.15, -0.1) is 0 Å². The van der Waals surface area contributed by atoms with Gasteiger partial charge in [0.2, 0.25) is 0 Å². The van der Waals surface area contributed by atoms with Gasteiger partial charge >= 0.3 is 0 Å². The summed E-state index contributed by atoms with van der Waals surface area (Å²) in [6, 6.07) is 3.49. The molecule has 0 heterocycles. The van der Waals surface area contributed by atoms with E-state index in [2.05, 4.69) is 6.08 Å². The summed E-state index contributed by atoms with van der Waals surface area (Å²) in [5, 5.41) is 0. The Labute approximate surface area is 132 Å². The van der Waals surface area contributed by atoms with Gasteiger partial charge in [0.1, 0.15) is 12.4 Å². The Bertz CT molecular complexity index is 530. The van der Waals surface area contributed by atoms with Gasteiger partial charge in [-0.25, -0.2) is 4.39 Å². The largest absolute Gasteiger partial charge is 0.491 e. The Morgan fingerprint density at radius 3 is 2.64 bits per heavy atom. The normalized spacial score (nSPS) is 17.9. The van der Waals surface area contributed by atoms with E-state index in [1.54, 1.807) is 19.1 Å². The number of ether oxygens (including phenoxy) is 2. The van der Waals surface area contributed by atoms with E-state index in [1.807, 2.05) is 6.08 Å². The molecule has 1 aromatic carbocycles. The minimum atomic E-state index is -0.296. The van der Waals surface area contributed by atoms with Crippen LogP contribution >= 0.6 is 0 Å². The summed E-state index contributed by atoms with van der Waals surface area (Å²) in [6.07, 6.45) is 11.7. The molecule has 0 bridgehead atoms.